The van der Waals surface area contributed by atoms with Gasteiger partial charge in [-0.3, -0.25) is 0 Å². The van der Waals surface area contributed by atoms with Crippen molar-refractivity contribution in [1.82, 2.24) is 10.3 Å². The molecular weight excluding hydrogens is 284 g/mol. The third-order valence-corrected chi connectivity index (χ3v) is 4.77. The molecule has 0 amide bonds. The van der Waals surface area contributed by atoms with Crippen LogP contribution in [0.15, 0.2) is 27.8 Å². The molecule has 2 nitrogen and oxygen atoms in total. The molecule has 0 radical (unpaired) electrons. The van der Waals surface area contributed by atoms with Crippen LogP contribution in [-0.4, -0.2) is 23.3 Å². The number of hydrogen-bond donors (Lipinski definition) is 1. The maximum atomic E-state index is 4.33. The maximum absolute atomic E-state index is 4.33. The Bertz CT molecular complexity index is 342. The highest BCUT2D eigenvalue weighted by atomic mass is 79.9. The molecule has 1 aromatic rings. The van der Waals surface area contributed by atoms with Gasteiger partial charge in [0.25, 0.3) is 0 Å². The standard InChI is InChI=1S/C12H17BrN2S/c1-9(10-4-5-10)14-7-8-16-12-11(13)3-2-6-15-12/h2-3,6,9-10,14H,4-5,7-8H2,1H3. The molecule has 0 spiro atoms. The third-order valence-electron chi connectivity index (χ3n) is 2.86. The fourth-order valence-electron chi connectivity index (χ4n) is 1.67. The quantitative estimate of drug-likeness (QED) is 0.644. The lowest BCUT2D eigenvalue weighted by atomic mass is 10.2. The molecular formula is C12H17BrN2S. The third kappa shape index (κ3) is 3.75. The highest BCUT2D eigenvalue weighted by molar-refractivity contribution is 9.10. The SMILES string of the molecule is CC(NCCSc1ncccc1Br)C1CC1. The zero-order chi connectivity index (χ0) is 11.4. The minimum absolute atomic E-state index is 0.688. The van der Waals surface area contributed by atoms with Gasteiger partial charge in [0.05, 0.1) is 0 Å². The van der Waals surface area contributed by atoms with E-state index in [9.17, 15) is 0 Å². The molecule has 88 valence electrons. The van der Waals surface area contributed by atoms with E-state index in [1.807, 2.05) is 18.3 Å². The lowest BCUT2D eigenvalue weighted by Crippen LogP contribution is -2.29. The van der Waals surface area contributed by atoms with Crippen molar-refractivity contribution >= 4 is 27.7 Å². The van der Waals surface area contributed by atoms with Gasteiger partial charge in [-0.2, -0.15) is 0 Å². The molecule has 2 rings (SSSR count). The minimum Gasteiger partial charge on any atom is -0.313 e. The maximum Gasteiger partial charge on any atom is 0.110 e. The molecule has 4 heteroatoms. The summed E-state index contributed by atoms with van der Waals surface area (Å²) in [5.41, 5.74) is 0. The summed E-state index contributed by atoms with van der Waals surface area (Å²) in [7, 11) is 0. The van der Waals surface area contributed by atoms with Crippen LogP contribution in [0, 0.1) is 5.92 Å². The van der Waals surface area contributed by atoms with Gasteiger partial charge in [0.2, 0.25) is 0 Å². The van der Waals surface area contributed by atoms with E-state index in [1.54, 1.807) is 11.8 Å². The summed E-state index contributed by atoms with van der Waals surface area (Å²) in [4.78, 5) is 4.33. The zero-order valence-electron chi connectivity index (χ0n) is 9.45. The Kier molecular flexibility index (Phi) is 4.67. The highest BCUT2D eigenvalue weighted by Crippen LogP contribution is 2.32. The van der Waals surface area contributed by atoms with Crippen LogP contribution in [0.25, 0.3) is 0 Å². The molecule has 1 unspecified atom stereocenters. The predicted octanol–water partition coefficient (Wildman–Crippen LogP) is 3.32. The second-order valence-electron chi connectivity index (χ2n) is 4.22. The number of thioether (sulfide) groups is 1. The van der Waals surface area contributed by atoms with Crippen LogP contribution >= 0.6 is 27.7 Å². The van der Waals surface area contributed by atoms with Gasteiger partial charge < -0.3 is 5.32 Å². The number of pyridine rings is 1. The summed E-state index contributed by atoms with van der Waals surface area (Å²) < 4.78 is 1.09. The number of nitrogens with zero attached hydrogens (tertiary/aromatic N) is 1. The minimum atomic E-state index is 0.688. The van der Waals surface area contributed by atoms with Crippen molar-refractivity contribution in [3.8, 4) is 0 Å². The molecule has 16 heavy (non-hydrogen) atoms. The second-order valence-corrected chi connectivity index (χ2v) is 6.16. The Hall–Kier alpha value is -0.0600. The summed E-state index contributed by atoms with van der Waals surface area (Å²) in [6.45, 7) is 3.35. The van der Waals surface area contributed by atoms with Crippen LogP contribution in [0.4, 0.5) is 0 Å². The largest absolute Gasteiger partial charge is 0.313 e. The molecule has 0 aliphatic heterocycles. The molecule has 1 saturated carbocycles. The van der Waals surface area contributed by atoms with E-state index in [1.165, 1.54) is 12.8 Å². The average Bonchev–Trinajstić information content (AvgIpc) is 3.10. The van der Waals surface area contributed by atoms with Gasteiger partial charge in [0.15, 0.2) is 0 Å². The smallest absolute Gasteiger partial charge is 0.110 e. The summed E-state index contributed by atoms with van der Waals surface area (Å²) in [6.07, 6.45) is 4.66. The van der Waals surface area contributed by atoms with E-state index in [0.29, 0.717) is 6.04 Å². The van der Waals surface area contributed by atoms with Crippen molar-refractivity contribution in [2.45, 2.75) is 30.8 Å². The number of halogens is 1. The van der Waals surface area contributed by atoms with Gasteiger partial charge in [-0.05, 0) is 53.7 Å². The number of rotatable bonds is 6. The molecule has 1 heterocycles. The van der Waals surface area contributed by atoms with Crippen molar-refractivity contribution < 1.29 is 0 Å². The van der Waals surface area contributed by atoms with Crippen LogP contribution in [0.3, 0.4) is 0 Å². The number of hydrogen-bond acceptors (Lipinski definition) is 3. The van der Waals surface area contributed by atoms with E-state index < -0.39 is 0 Å². The lowest BCUT2D eigenvalue weighted by molar-refractivity contribution is 0.514. The molecule has 1 N–H and O–H groups in total. The van der Waals surface area contributed by atoms with Crippen molar-refractivity contribution in [2.24, 2.45) is 5.92 Å². The monoisotopic (exact) mass is 300 g/mol. The van der Waals surface area contributed by atoms with Crippen molar-refractivity contribution in [2.75, 3.05) is 12.3 Å². The predicted molar refractivity (Wildman–Crippen MR) is 72.8 cm³/mol. The number of nitrogens with one attached hydrogen (secondary N) is 1. The normalized spacial score (nSPS) is 17.4. The van der Waals surface area contributed by atoms with E-state index >= 15 is 0 Å². The van der Waals surface area contributed by atoms with Crippen molar-refractivity contribution in [3.05, 3.63) is 22.8 Å². The van der Waals surface area contributed by atoms with Gasteiger partial charge in [-0.25, -0.2) is 4.98 Å². The van der Waals surface area contributed by atoms with Crippen LogP contribution in [-0.2, 0) is 0 Å². The average molecular weight is 301 g/mol. The molecule has 0 saturated heterocycles. The first-order chi connectivity index (χ1) is 7.77. The zero-order valence-corrected chi connectivity index (χ0v) is 11.9. The second kappa shape index (κ2) is 6.03. The molecule has 0 aromatic carbocycles. The molecule has 1 fully saturated rings. The van der Waals surface area contributed by atoms with Crippen molar-refractivity contribution in [1.29, 1.82) is 0 Å². The van der Waals surface area contributed by atoms with E-state index in [0.717, 1.165) is 27.7 Å². The molecule has 1 aliphatic rings. The van der Waals surface area contributed by atoms with Crippen molar-refractivity contribution in [3.63, 3.8) is 0 Å². The Labute approximate surface area is 110 Å². The molecule has 1 atom stereocenters. The lowest BCUT2D eigenvalue weighted by Gasteiger charge is -2.12. The summed E-state index contributed by atoms with van der Waals surface area (Å²) in [5, 5.41) is 4.66. The van der Waals surface area contributed by atoms with Crippen LogP contribution in [0.5, 0.6) is 0 Å². The first-order valence-electron chi connectivity index (χ1n) is 5.74. The van der Waals surface area contributed by atoms with Crippen LogP contribution in [0.2, 0.25) is 0 Å². The Morgan fingerprint density at radius 2 is 2.44 bits per heavy atom. The van der Waals surface area contributed by atoms with Gasteiger partial charge >= 0.3 is 0 Å². The van der Waals surface area contributed by atoms with E-state index in [2.05, 4.69) is 33.2 Å². The van der Waals surface area contributed by atoms with Gasteiger partial charge in [0.1, 0.15) is 5.03 Å². The first kappa shape index (κ1) is 12.4. The van der Waals surface area contributed by atoms with Crippen LogP contribution < -0.4 is 5.32 Å². The fraction of sp³-hybridized carbons (Fsp3) is 0.583. The molecule has 1 aliphatic carbocycles. The Morgan fingerprint density at radius 3 is 3.12 bits per heavy atom. The van der Waals surface area contributed by atoms with Gasteiger partial charge in [-0.1, -0.05) is 0 Å². The van der Waals surface area contributed by atoms with Gasteiger partial charge in [-0.15, -0.1) is 11.8 Å². The summed E-state index contributed by atoms with van der Waals surface area (Å²) in [6, 6.07) is 4.67. The fourth-order valence-corrected chi connectivity index (χ4v) is 3.03. The summed E-state index contributed by atoms with van der Waals surface area (Å²) >= 11 is 5.31. The first-order valence-corrected chi connectivity index (χ1v) is 7.52. The van der Waals surface area contributed by atoms with Crippen LogP contribution in [0.1, 0.15) is 19.8 Å². The summed E-state index contributed by atoms with van der Waals surface area (Å²) in [5.74, 6) is 2.01. The molecule has 0 bridgehead atoms. The number of aromatic nitrogens is 1. The van der Waals surface area contributed by atoms with E-state index in [-0.39, 0.29) is 0 Å². The Morgan fingerprint density at radius 1 is 1.62 bits per heavy atom. The van der Waals surface area contributed by atoms with Gasteiger partial charge in [0, 0.05) is 29.0 Å². The topological polar surface area (TPSA) is 24.9 Å². The van der Waals surface area contributed by atoms with E-state index in [4.69, 9.17) is 0 Å². The Balaban J connectivity index is 1.66. The molecule has 1 aromatic heterocycles. The highest BCUT2D eigenvalue weighted by Gasteiger charge is 2.27.